The molecule has 2 atom stereocenters. The third kappa shape index (κ3) is 4.16. The molecule has 1 heterocycles. The first-order valence-electron chi connectivity index (χ1n) is 9.29. The van der Waals surface area contributed by atoms with E-state index in [-0.39, 0.29) is 17.9 Å². The molecule has 1 fully saturated rings. The highest BCUT2D eigenvalue weighted by Gasteiger charge is 2.27. The first-order chi connectivity index (χ1) is 11.7. The molecule has 2 amide bonds. The number of amides is 2. The molecular formula is C20H28N2O2. The van der Waals surface area contributed by atoms with E-state index in [1.165, 1.54) is 11.1 Å². The zero-order valence-electron chi connectivity index (χ0n) is 14.6. The van der Waals surface area contributed by atoms with Crippen molar-refractivity contribution < 1.29 is 9.59 Å². The van der Waals surface area contributed by atoms with Crippen molar-refractivity contribution in [3.63, 3.8) is 0 Å². The summed E-state index contributed by atoms with van der Waals surface area (Å²) in [6.45, 7) is 3.37. The maximum Gasteiger partial charge on any atom is 0.222 e. The summed E-state index contributed by atoms with van der Waals surface area (Å²) in [5, 5.41) is 3.04. The smallest absolute Gasteiger partial charge is 0.222 e. The lowest BCUT2D eigenvalue weighted by Gasteiger charge is -2.34. The van der Waals surface area contributed by atoms with Crippen LogP contribution < -0.4 is 5.32 Å². The van der Waals surface area contributed by atoms with Gasteiger partial charge in [-0.15, -0.1) is 0 Å². The number of hydrogen-bond acceptors (Lipinski definition) is 2. The van der Waals surface area contributed by atoms with E-state index in [1.807, 2.05) is 11.8 Å². The molecule has 1 aromatic carbocycles. The number of fused-ring (bicyclic) bond motifs is 1. The molecule has 0 radical (unpaired) electrons. The van der Waals surface area contributed by atoms with Crippen LogP contribution in [0.4, 0.5) is 0 Å². The molecule has 0 aromatic heterocycles. The summed E-state index contributed by atoms with van der Waals surface area (Å²) >= 11 is 0. The van der Waals surface area contributed by atoms with E-state index < -0.39 is 0 Å². The Morgan fingerprint density at radius 3 is 2.79 bits per heavy atom. The number of likely N-dealkylation sites (tertiary alicyclic amines) is 1. The fourth-order valence-electron chi connectivity index (χ4n) is 3.97. The molecule has 1 aliphatic carbocycles. The van der Waals surface area contributed by atoms with E-state index in [4.69, 9.17) is 0 Å². The van der Waals surface area contributed by atoms with Crippen molar-refractivity contribution in [3.8, 4) is 0 Å². The molecule has 4 heteroatoms. The standard InChI is InChI=1S/C20H28N2O2/c1-2-19(23)21-18-8-5-11-22(14-18)20(24)13-15-9-10-16-6-3-4-7-17(16)12-15/h3-4,6-7,15,18H,2,5,8-14H2,1H3,(H,21,23). The molecule has 0 saturated carbocycles. The van der Waals surface area contributed by atoms with E-state index in [0.29, 0.717) is 25.3 Å². The summed E-state index contributed by atoms with van der Waals surface area (Å²) in [6, 6.07) is 8.72. The molecule has 1 N–H and O–H groups in total. The predicted octanol–water partition coefficient (Wildman–Crippen LogP) is 2.70. The van der Waals surface area contributed by atoms with Gasteiger partial charge in [0.25, 0.3) is 0 Å². The maximum absolute atomic E-state index is 12.7. The van der Waals surface area contributed by atoms with Crippen LogP contribution in [0.25, 0.3) is 0 Å². The molecule has 4 nitrogen and oxygen atoms in total. The lowest BCUT2D eigenvalue weighted by atomic mass is 9.82. The van der Waals surface area contributed by atoms with Crippen LogP contribution in [0.2, 0.25) is 0 Å². The highest BCUT2D eigenvalue weighted by atomic mass is 16.2. The number of nitrogens with zero attached hydrogens (tertiary/aromatic N) is 1. The number of carbonyl (C=O) groups excluding carboxylic acids is 2. The molecule has 130 valence electrons. The number of benzene rings is 1. The van der Waals surface area contributed by atoms with Crippen LogP contribution in [0.3, 0.4) is 0 Å². The second-order valence-corrected chi connectivity index (χ2v) is 7.18. The quantitative estimate of drug-likeness (QED) is 0.924. The molecule has 3 rings (SSSR count). The van der Waals surface area contributed by atoms with Crippen molar-refractivity contribution in [1.82, 2.24) is 10.2 Å². The average molecular weight is 328 g/mol. The van der Waals surface area contributed by atoms with Gasteiger partial charge in [-0.3, -0.25) is 9.59 Å². The first-order valence-corrected chi connectivity index (χ1v) is 9.29. The Labute approximate surface area is 144 Å². The van der Waals surface area contributed by atoms with Crippen molar-refractivity contribution in [1.29, 1.82) is 0 Å². The molecular weight excluding hydrogens is 300 g/mol. The Morgan fingerprint density at radius 2 is 2.00 bits per heavy atom. The van der Waals surface area contributed by atoms with Crippen LogP contribution >= 0.6 is 0 Å². The van der Waals surface area contributed by atoms with E-state index in [9.17, 15) is 9.59 Å². The van der Waals surface area contributed by atoms with E-state index in [2.05, 4.69) is 29.6 Å². The van der Waals surface area contributed by atoms with Gasteiger partial charge in [0, 0.05) is 32.0 Å². The Balaban J connectivity index is 1.52. The van der Waals surface area contributed by atoms with Crippen molar-refractivity contribution >= 4 is 11.8 Å². The molecule has 24 heavy (non-hydrogen) atoms. The van der Waals surface area contributed by atoms with Crippen LogP contribution in [0.5, 0.6) is 0 Å². The normalized spacial score (nSPS) is 23.5. The minimum Gasteiger partial charge on any atom is -0.352 e. The molecule has 1 aromatic rings. The van der Waals surface area contributed by atoms with Gasteiger partial charge in [0.15, 0.2) is 0 Å². The number of nitrogens with one attached hydrogen (secondary N) is 1. The van der Waals surface area contributed by atoms with Gasteiger partial charge in [-0.05, 0) is 49.1 Å². The lowest BCUT2D eigenvalue weighted by Crippen LogP contribution is -2.49. The zero-order valence-corrected chi connectivity index (χ0v) is 14.6. The second kappa shape index (κ2) is 7.82. The van der Waals surface area contributed by atoms with Crippen LogP contribution in [-0.4, -0.2) is 35.8 Å². The minimum absolute atomic E-state index is 0.0817. The van der Waals surface area contributed by atoms with Gasteiger partial charge in [0.2, 0.25) is 11.8 Å². The predicted molar refractivity (Wildman–Crippen MR) is 94.6 cm³/mol. The lowest BCUT2D eigenvalue weighted by molar-refractivity contribution is -0.134. The molecule has 2 unspecified atom stereocenters. The summed E-state index contributed by atoms with van der Waals surface area (Å²) in [4.78, 5) is 26.2. The van der Waals surface area contributed by atoms with Gasteiger partial charge in [0.05, 0.1) is 0 Å². The van der Waals surface area contributed by atoms with E-state index in [1.54, 1.807) is 0 Å². The number of piperidine rings is 1. The van der Waals surface area contributed by atoms with Crippen LogP contribution in [0.1, 0.15) is 50.2 Å². The fourth-order valence-corrected chi connectivity index (χ4v) is 3.97. The molecule has 0 spiro atoms. The van der Waals surface area contributed by atoms with Gasteiger partial charge in [-0.2, -0.15) is 0 Å². The highest BCUT2D eigenvalue weighted by Crippen LogP contribution is 2.28. The van der Waals surface area contributed by atoms with Crippen LogP contribution in [0.15, 0.2) is 24.3 Å². The Bertz CT molecular complexity index is 599. The number of rotatable bonds is 4. The van der Waals surface area contributed by atoms with Crippen LogP contribution in [-0.2, 0) is 22.4 Å². The summed E-state index contributed by atoms with van der Waals surface area (Å²) in [5.41, 5.74) is 2.86. The van der Waals surface area contributed by atoms with Gasteiger partial charge in [-0.25, -0.2) is 0 Å². The monoisotopic (exact) mass is 328 g/mol. The van der Waals surface area contributed by atoms with Gasteiger partial charge in [-0.1, -0.05) is 31.2 Å². The van der Waals surface area contributed by atoms with Gasteiger partial charge in [0.1, 0.15) is 0 Å². The van der Waals surface area contributed by atoms with Crippen LogP contribution in [0, 0.1) is 5.92 Å². The molecule has 0 bridgehead atoms. The van der Waals surface area contributed by atoms with Crippen molar-refractivity contribution in [3.05, 3.63) is 35.4 Å². The Kier molecular flexibility index (Phi) is 5.54. The van der Waals surface area contributed by atoms with Crippen molar-refractivity contribution in [2.45, 2.75) is 57.9 Å². The second-order valence-electron chi connectivity index (χ2n) is 7.18. The third-order valence-electron chi connectivity index (χ3n) is 5.37. The molecule has 1 aliphatic heterocycles. The summed E-state index contributed by atoms with van der Waals surface area (Å²) in [7, 11) is 0. The Hall–Kier alpha value is -1.84. The first kappa shape index (κ1) is 17.0. The fraction of sp³-hybridized carbons (Fsp3) is 0.600. The number of hydrogen-bond donors (Lipinski definition) is 1. The van der Waals surface area contributed by atoms with Crippen molar-refractivity contribution in [2.24, 2.45) is 5.92 Å². The topological polar surface area (TPSA) is 49.4 Å². The molecule has 1 saturated heterocycles. The van der Waals surface area contributed by atoms with E-state index in [0.717, 1.165) is 38.6 Å². The Morgan fingerprint density at radius 1 is 1.21 bits per heavy atom. The SMILES string of the molecule is CCC(=O)NC1CCCN(C(=O)CC2CCc3ccccc3C2)C1. The molecule has 2 aliphatic rings. The van der Waals surface area contributed by atoms with Gasteiger partial charge < -0.3 is 10.2 Å². The minimum atomic E-state index is 0.0817. The highest BCUT2D eigenvalue weighted by molar-refractivity contribution is 5.78. The number of carbonyl (C=O) groups is 2. The summed E-state index contributed by atoms with van der Waals surface area (Å²) < 4.78 is 0. The summed E-state index contributed by atoms with van der Waals surface area (Å²) in [5.74, 6) is 0.797. The maximum atomic E-state index is 12.7. The van der Waals surface area contributed by atoms with Gasteiger partial charge >= 0.3 is 0 Å². The largest absolute Gasteiger partial charge is 0.352 e. The average Bonchev–Trinajstić information content (AvgIpc) is 2.61. The third-order valence-corrected chi connectivity index (χ3v) is 5.37. The summed E-state index contributed by atoms with van der Waals surface area (Å²) in [6.07, 6.45) is 6.32. The zero-order chi connectivity index (χ0) is 16.9. The number of aryl methyl sites for hydroxylation is 1. The van der Waals surface area contributed by atoms with Crippen molar-refractivity contribution in [2.75, 3.05) is 13.1 Å². The van der Waals surface area contributed by atoms with E-state index >= 15 is 0 Å².